The highest BCUT2D eigenvalue weighted by molar-refractivity contribution is 7.07. The minimum Gasteiger partial charge on any atom is -0.338 e. The first-order valence-corrected chi connectivity index (χ1v) is 13.0. The number of rotatable bonds is 8. The molecule has 1 aromatic heterocycles. The molecule has 1 fully saturated rings. The second-order valence-electron chi connectivity index (χ2n) is 9.93. The zero-order chi connectivity index (χ0) is 25.9. The van der Waals surface area contributed by atoms with E-state index in [4.69, 9.17) is 0 Å². The van der Waals surface area contributed by atoms with Crippen LogP contribution in [0.5, 0.6) is 0 Å². The number of hydrogen-bond donors (Lipinski definition) is 0. The molecule has 1 saturated heterocycles. The molecule has 3 nitrogen and oxygen atoms in total. The maximum atomic E-state index is 13.5. The van der Waals surface area contributed by atoms with E-state index in [0.29, 0.717) is 43.9 Å². The largest absolute Gasteiger partial charge is 0.416 e. The van der Waals surface area contributed by atoms with Gasteiger partial charge < -0.3 is 4.90 Å². The first-order valence-electron chi connectivity index (χ1n) is 12.1. The second kappa shape index (κ2) is 11.1. The lowest BCUT2D eigenvalue weighted by atomic mass is 9.87. The summed E-state index contributed by atoms with van der Waals surface area (Å²) in [5.41, 5.74) is 1.56. The van der Waals surface area contributed by atoms with Crippen LogP contribution in [0, 0.1) is 17.7 Å². The van der Waals surface area contributed by atoms with Crippen LogP contribution >= 0.6 is 11.3 Å². The van der Waals surface area contributed by atoms with Gasteiger partial charge in [0.2, 0.25) is 0 Å². The summed E-state index contributed by atoms with van der Waals surface area (Å²) in [4.78, 5) is 17.4. The number of carbonyl (C=O) groups excluding carboxylic acids is 1. The van der Waals surface area contributed by atoms with Crippen molar-refractivity contribution >= 4 is 17.2 Å². The number of likely N-dealkylation sites (tertiary alicyclic amines) is 1. The number of alkyl halides is 3. The van der Waals surface area contributed by atoms with Crippen molar-refractivity contribution < 1.29 is 22.4 Å². The molecule has 2 heterocycles. The Morgan fingerprint density at radius 3 is 2.50 bits per heavy atom. The Hall–Kier alpha value is -2.71. The maximum absolute atomic E-state index is 13.5. The molecule has 0 spiro atoms. The standard InChI is InChI=1S/C28H30F4N2OS/c1-19(2)13-34(27(35)21-6-8-25(29)9-7-21)16-23-15-33(14-20-10-11-36-18-20)17-26(23)22-4-3-5-24(12-22)28(30,31)32/h3-12,18-19,23,26H,13-17H2,1-2H3/t23-,26+/m1/s1. The third kappa shape index (κ3) is 6.53. The highest BCUT2D eigenvalue weighted by Gasteiger charge is 2.38. The summed E-state index contributed by atoms with van der Waals surface area (Å²) < 4.78 is 53.8. The monoisotopic (exact) mass is 518 g/mol. The number of amides is 1. The predicted octanol–water partition coefficient (Wildman–Crippen LogP) is 6.92. The van der Waals surface area contributed by atoms with Crippen LogP contribution < -0.4 is 0 Å². The van der Waals surface area contributed by atoms with Crippen LogP contribution in [0.3, 0.4) is 0 Å². The number of carbonyl (C=O) groups is 1. The van der Waals surface area contributed by atoms with Gasteiger partial charge in [0.05, 0.1) is 5.56 Å². The first-order chi connectivity index (χ1) is 17.1. The van der Waals surface area contributed by atoms with Crippen molar-refractivity contribution in [3.8, 4) is 0 Å². The smallest absolute Gasteiger partial charge is 0.338 e. The quantitative estimate of drug-likeness (QED) is 0.302. The van der Waals surface area contributed by atoms with E-state index < -0.39 is 17.6 Å². The van der Waals surface area contributed by atoms with Crippen LogP contribution in [0.1, 0.15) is 46.8 Å². The zero-order valence-corrected chi connectivity index (χ0v) is 21.2. The molecular formula is C28H30F4N2OS. The van der Waals surface area contributed by atoms with Gasteiger partial charge >= 0.3 is 6.18 Å². The Morgan fingerprint density at radius 2 is 1.86 bits per heavy atom. The molecule has 1 aliphatic rings. The Kier molecular flexibility index (Phi) is 8.15. The van der Waals surface area contributed by atoms with Gasteiger partial charge in [0.1, 0.15) is 5.82 Å². The van der Waals surface area contributed by atoms with E-state index in [1.165, 1.54) is 42.0 Å². The summed E-state index contributed by atoms with van der Waals surface area (Å²) in [6.07, 6.45) is -4.41. The maximum Gasteiger partial charge on any atom is 0.416 e. The SMILES string of the molecule is CC(C)CN(C[C@H]1CN(Cc2ccsc2)C[C@H]1c1cccc(C(F)(F)F)c1)C(=O)c1ccc(F)cc1. The number of hydrogen-bond acceptors (Lipinski definition) is 3. The van der Waals surface area contributed by atoms with Crippen molar-refractivity contribution in [1.29, 1.82) is 0 Å². The normalized spacial score (nSPS) is 18.6. The molecule has 0 saturated carbocycles. The van der Waals surface area contributed by atoms with E-state index >= 15 is 0 Å². The van der Waals surface area contributed by atoms with E-state index in [1.807, 2.05) is 19.2 Å². The first kappa shape index (κ1) is 26.4. The van der Waals surface area contributed by atoms with Crippen molar-refractivity contribution in [1.82, 2.24) is 9.80 Å². The molecule has 1 amide bonds. The molecule has 0 radical (unpaired) electrons. The summed E-state index contributed by atoms with van der Waals surface area (Å²) in [5, 5.41) is 4.09. The van der Waals surface area contributed by atoms with Gasteiger partial charge in [-0.3, -0.25) is 9.69 Å². The van der Waals surface area contributed by atoms with E-state index in [2.05, 4.69) is 16.3 Å². The van der Waals surface area contributed by atoms with Gasteiger partial charge in [-0.15, -0.1) is 0 Å². The minimum atomic E-state index is -4.41. The molecule has 2 atom stereocenters. The molecule has 0 bridgehead atoms. The van der Waals surface area contributed by atoms with E-state index in [1.54, 1.807) is 22.3 Å². The van der Waals surface area contributed by atoms with Crippen molar-refractivity contribution in [2.75, 3.05) is 26.2 Å². The van der Waals surface area contributed by atoms with Crippen LogP contribution in [0.2, 0.25) is 0 Å². The lowest BCUT2D eigenvalue weighted by Gasteiger charge is -2.30. The van der Waals surface area contributed by atoms with Crippen molar-refractivity contribution in [2.24, 2.45) is 11.8 Å². The fourth-order valence-corrected chi connectivity index (χ4v) is 5.64. The van der Waals surface area contributed by atoms with E-state index in [0.717, 1.165) is 6.07 Å². The summed E-state index contributed by atoms with van der Waals surface area (Å²) in [6, 6.07) is 13.1. The number of halogens is 4. The van der Waals surface area contributed by atoms with Gasteiger partial charge in [-0.25, -0.2) is 4.39 Å². The molecule has 4 rings (SSSR count). The third-order valence-corrected chi connectivity index (χ3v) is 7.30. The molecule has 36 heavy (non-hydrogen) atoms. The molecule has 0 aliphatic carbocycles. The van der Waals surface area contributed by atoms with Crippen LogP contribution in [0.4, 0.5) is 17.6 Å². The van der Waals surface area contributed by atoms with E-state index in [9.17, 15) is 22.4 Å². The predicted molar refractivity (Wildman–Crippen MR) is 134 cm³/mol. The Balaban J connectivity index is 1.62. The van der Waals surface area contributed by atoms with Crippen LogP contribution in [0.15, 0.2) is 65.4 Å². The molecule has 2 aromatic carbocycles. The van der Waals surface area contributed by atoms with Crippen molar-refractivity contribution in [2.45, 2.75) is 32.5 Å². The average molecular weight is 519 g/mol. The topological polar surface area (TPSA) is 23.6 Å². The number of benzene rings is 2. The average Bonchev–Trinajstić information content (AvgIpc) is 3.48. The van der Waals surface area contributed by atoms with E-state index in [-0.39, 0.29) is 23.7 Å². The number of thiophene rings is 1. The van der Waals surface area contributed by atoms with Gasteiger partial charge in [-0.1, -0.05) is 32.0 Å². The third-order valence-electron chi connectivity index (χ3n) is 6.56. The number of nitrogens with zero attached hydrogens (tertiary/aromatic N) is 2. The van der Waals surface area contributed by atoms with Crippen molar-refractivity contribution in [3.63, 3.8) is 0 Å². The molecule has 1 aliphatic heterocycles. The Labute approximate surface area is 213 Å². The lowest BCUT2D eigenvalue weighted by molar-refractivity contribution is -0.137. The van der Waals surface area contributed by atoms with Gasteiger partial charge in [0.15, 0.2) is 0 Å². The Morgan fingerprint density at radius 1 is 1.11 bits per heavy atom. The summed E-state index contributed by atoms with van der Waals surface area (Å²) in [5.74, 6) is -0.601. The van der Waals surface area contributed by atoms with Crippen LogP contribution in [-0.2, 0) is 12.7 Å². The molecule has 0 N–H and O–H groups in total. The van der Waals surface area contributed by atoms with Gasteiger partial charge in [-0.05, 0) is 70.1 Å². The molecule has 3 aromatic rings. The fraction of sp³-hybridized carbons (Fsp3) is 0.393. The van der Waals surface area contributed by atoms with Crippen molar-refractivity contribution in [3.05, 3.63) is 93.4 Å². The fourth-order valence-electron chi connectivity index (χ4n) is 4.98. The van der Waals surface area contributed by atoms with Gasteiger partial charge in [-0.2, -0.15) is 24.5 Å². The summed E-state index contributed by atoms with van der Waals surface area (Å²) in [7, 11) is 0. The van der Waals surface area contributed by atoms with Crippen LogP contribution in [0.25, 0.3) is 0 Å². The zero-order valence-electron chi connectivity index (χ0n) is 20.3. The minimum absolute atomic E-state index is 0.0460. The van der Waals surface area contributed by atoms with Gasteiger partial charge in [0, 0.05) is 44.2 Å². The molecule has 192 valence electrons. The molecule has 0 unspecified atom stereocenters. The summed E-state index contributed by atoms with van der Waals surface area (Å²) in [6.45, 7) is 6.96. The Bertz CT molecular complexity index is 1150. The highest BCUT2D eigenvalue weighted by atomic mass is 32.1. The molecular weight excluding hydrogens is 488 g/mol. The highest BCUT2D eigenvalue weighted by Crippen LogP contribution is 2.37. The molecule has 8 heteroatoms. The second-order valence-corrected chi connectivity index (χ2v) is 10.7. The lowest BCUT2D eigenvalue weighted by Crippen LogP contribution is -2.39. The van der Waals surface area contributed by atoms with Gasteiger partial charge in [0.25, 0.3) is 5.91 Å². The van der Waals surface area contributed by atoms with Crippen LogP contribution in [-0.4, -0.2) is 41.9 Å². The summed E-state index contributed by atoms with van der Waals surface area (Å²) >= 11 is 1.61.